The van der Waals surface area contributed by atoms with E-state index in [-0.39, 0.29) is 30.1 Å². The number of nitrogens with one attached hydrogen (secondary N) is 1. The highest BCUT2D eigenvalue weighted by molar-refractivity contribution is 6.07. The Morgan fingerprint density at radius 1 is 0.966 bits per heavy atom. The average molecular weight is 414 g/mol. The standard InChI is InChI=1S/C23H27N3O2.ClH/c27-22-12-19(23(28)25-10-8-17-13-24-14-18(17)9-11-25)15-26(22)21-7-3-5-16-4-1-2-6-20(16)21;/h1-7,17-19,24H,8-15H2;1H/t17-,18+,19?;. The van der Waals surface area contributed by atoms with Gasteiger partial charge in [-0.1, -0.05) is 36.4 Å². The maximum atomic E-state index is 13.2. The van der Waals surface area contributed by atoms with Crippen LogP contribution in [0.5, 0.6) is 0 Å². The molecule has 154 valence electrons. The van der Waals surface area contributed by atoms with Crippen molar-refractivity contribution in [3.05, 3.63) is 42.5 Å². The molecule has 3 fully saturated rings. The number of halogens is 1. The molecular weight excluding hydrogens is 386 g/mol. The zero-order valence-corrected chi connectivity index (χ0v) is 17.4. The van der Waals surface area contributed by atoms with Crippen LogP contribution in [0.25, 0.3) is 10.8 Å². The predicted octanol–water partition coefficient (Wildman–Crippen LogP) is 3.07. The van der Waals surface area contributed by atoms with Crippen LogP contribution in [-0.2, 0) is 9.59 Å². The van der Waals surface area contributed by atoms with Crippen LogP contribution in [0.15, 0.2) is 42.5 Å². The SMILES string of the molecule is Cl.O=C(C1CC(=O)N(c2cccc3ccccc23)C1)N1CC[C@@H]2CNC[C@@H]2CC1. The van der Waals surface area contributed by atoms with Crippen molar-refractivity contribution in [2.24, 2.45) is 17.8 Å². The van der Waals surface area contributed by atoms with Gasteiger partial charge in [0.2, 0.25) is 11.8 Å². The Balaban J connectivity index is 0.00000205. The molecular formula is C23H28ClN3O2. The Kier molecular flexibility index (Phi) is 5.79. The Labute approximate surface area is 177 Å². The Bertz CT molecular complexity index is 899. The second kappa shape index (κ2) is 8.33. The number of hydrogen-bond acceptors (Lipinski definition) is 3. The Hall–Kier alpha value is -2.11. The maximum absolute atomic E-state index is 13.2. The topological polar surface area (TPSA) is 52.7 Å². The van der Waals surface area contributed by atoms with Crippen LogP contribution in [0.3, 0.4) is 0 Å². The van der Waals surface area contributed by atoms with Gasteiger partial charge in [0.15, 0.2) is 0 Å². The van der Waals surface area contributed by atoms with E-state index in [1.165, 1.54) is 0 Å². The highest BCUT2D eigenvalue weighted by Crippen LogP contribution is 2.33. The molecule has 6 heteroatoms. The highest BCUT2D eigenvalue weighted by atomic mass is 35.5. The van der Waals surface area contributed by atoms with Gasteiger partial charge in [0, 0.05) is 31.4 Å². The lowest BCUT2D eigenvalue weighted by Crippen LogP contribution is -2.38. The number of nitrogens with zero attached hydrogens (tertiary/aromatic N) is 2. The predicted molar refractivity (Wildman–Crippen MR) is 117 cm³/mol. The van der Waals surface area contributed by atoms with E-state index in [0.29, 0.717) is 24.8 Å². The molecule has 3 aliphatic rings. The lowest BCUT2D eigenvalue weighted by molar-refractivity contribution is -0.135. The summed E-state index contributed by atoms with van der Waals surface area (Å²) in [5, 5.41) is 5.67. The minimum Gasteiger partial charge on any atom is -0.342 e. The lowest BCUT2D eigenvalue weighted by atomic mass is 9.92. The van der Waals surface area contributed by atoms with Crippen molar-refractivity contribution in [1.82, 2.24) is 10.2 Å². The first kappa shape index (κ1) is 20.2. The zero-order valence-electron chi connectivity index (χ0n) is 16.5. The second-order valence-corrected chi connectivity index (χ2v) is 8.48. The van der Waals surface area contributed by atoms with Gasteiger partial charge in [-0.3, -0.25) is 9.59 Å². The fraction of sp³-hybridized carbons (Fsp3) is 0.478. The van der Waals surface area contributed by atoms with E-state index in [1.54, 1.807) is 0 Å². The first-order valence-electron chi connectivity index (χ1n) is 10.5. The molecule has 1 unspecified atom stereocenters. The number of benzene rings is 2. The van der Waals surface area contributed by atoms with Gasteiger partial charge in [-0.25, -0.2) is 0 Å². The number of rotatable bonds is 2. The van der Waals surface area contributed by atoms with Crippen LogP contribution in [0.4, 0.5) is 5.69 Å². The molecule has 5 rings (SSSR count). The van der Waals surface area contributed by atoms with E-state index in [4.69, 9.17) is 0 Å². The van der Waals surface area contributed by atoms with Gasteiger partial charge in [0.05, 0.1) is 11.6 Å². The summed E-state index contributed by atoms with van der Waals surface area (Å²) in [6, 6.07) is 14.2. The Morgan fingerprint density at radius 2 is 1.66 bits per heavy atom. The van der Waals surface area contributed by atoms with Gasteiger partial charge in [0.1, 0.15) is 0 Å². The largest absolute Gasteiger partial charge is 0.342 e. The minimum absolute atomic E-state index is 0. The van der Waals surface area contributed by atoms with Crippen LogP contribution in [0, 0.1) is 17.8 Å². The molecule has 0 saturated carbocycles. The fourth-order valence-corrected chi connectivity index (χ4v) is 5.25. The van der Waals surface area contributed by atoms with Gasteiger partial charge in [0.25, 0.3) is 0 Å². The van der Waals surface area contributed by atoms with Crippen molar-refractivity contribution in [3.8, 4) is 0 Å². The number of likely N-dealkylation sites (tertiary alicyclic amines) is 1. The van der Waals surface area contributed by atoms with Crippen molar-refractivity contribution in [1.29, 1.82) is 0 Å². The van der Waals surface area contributed by atoms with Crippen LogP contribution in [0.1, 0.15) is 19.3 Å². The molecule has 0 aliphatic carbocycles. The van der Waals surface area contributed by atoms with E-state index in [2.05, 4.69) is 23.5 Å². The van der Waals surface area contributed by atoms with Crippen molar-refractivity contribution >= 4 is 40.7 Å². The van der Waals surface area contributed by atoms with Crippen LogP contribution < -0.4 is 10.2 Å². The molecule has 0 aromatic heterocycles. The molecule has 1 N–H and O–H groups in total. The molecule has 0 spiro atoms. The number of amides is 2. The monoisotopic (exact) mass is 413 g/mol. The summed E-state index contributed by atoms with van der Waals surface area (Å²) in [5.74, 6) is 1.42. The van der Waals surface area contributed by atoms with Gasteiger partial charge < -0.3 is 15.1 Å². The highest BCUT2D eigenvalue weighted by Gasteiger charge is 2.39. The normalized spacial score (nSPS) is 26.9. The molecule has 29 heavy (non-hydrogen) atoms. The summed E-state index contributed by atoms with van der Waals surface area (Å²) in [4.78, 5) is 29.8. The molecule has 2 aromatic carbocycles. The number of anilines is 1. The quantitative estimate of drug-likeness (QED) is 0.823. The lowest BCUT2D eigenvalue weighted by Gasteiger charge is -2.24. The van der Waals surface area contributed by atoms with E-state index in [9.17, 15) is 9.59 Å². The van der Waals surface area contributed by atoms with E-state index >= 15 is 0 Å². The number of hydrogen-bond donors (Lipinski definition) is 1. The first-order chi connectivity index (χ1) is 13.7. The van der Waals surface area contributed by atoms with Crippen molar-refractivity contribution in [3.63, 3.8) is 0 Å². The van der Waals surface area contributed by atoms with Crippen molar-refractivity contribution in [2.45, 2.75) is 19.3 Å². The third-order valence-corrected chi connectivity index (χ3v) is 6.86. The van der Waals surface area contributed by atoms with Crippen molar-refractivity contribution in [2.75, 3.05) is 37.6 Å². The van der Waals surface area contributed by atoms with Gasteiger partial charge >= 0.3 is 0 Å². The second-order valence-electron chi connectivity index (χ2n) is 8.48. The summed E-state index contributed by atoms with van der Waals surface area (Å²) in [6.45, 7) is 4.34. The molecule has 0 bridgehead atoms. The van der Waals surface area contributed by atoms with E-state index in [1.807, 2.05) is 34.1 Å². The van der Waals surface area contributed by atoms with Gasteiger partial charge in [-0.05, 0) is 49.2 Å². The molecule has 3 saturated heterocycles. The third-order valence-electron chi connectivity index (χ3n) is 6.86. The number of carbonyl (C=O) groups is 2. The molecule has 3 atom stereocenters. The molecule has 0 radical (unpaired) electrons. The van der Waals surface area contributed by atoms with E-state index in [0.717, 1.165) is 55.5 Å². The summed E-state index contributed by atoms with van der Waals surface area (Å²) in [6.07, 6.45) is 2.49. The summed E-state index contributed by atoms with van der Waals surface area (Å²) < 4.78 is 0. The summed E-state index contributed by atoms with van der Waals surface area (Å²) in [5.41, 5.74) is 0.926. The van der Waals surface area contributed by atoms with Crippen LogP contribution in [0.2, 0.25) is 0 Å². The van der Waals surface area contributed by atoms with Crippen LogP contribution >= 0.6 is 12.4 Å². The Morgan fingerprint density at radius 3 is 2.41 bits per heavy atom. The number of carbonyl (C=O) groups excluding carboxylic acids is 2. The average Bonchev–Trinajstić information content (AvgIpc) is 3.28. The third kappa shape index (κ3) is 3.74. The molecule has 2 aromatic rings. The number of fused-ring (bicyclic) bond motifs is 2. The zero-order chi connectivity index (χ0) is 19.1. The smallest absolute Gasteiger partial charge is 0.228 e. The van der Waals surface area contributed by atoms with Gasteiger partial charge in [-0.2, -0.15) is 0 Å². The minimum atomic E-state index is -0.220. The first-order valence-corrected chi connectivity index (χ1v) is 10.5. The van der Waals surface area contributed by atoms with E-state index < -0.39 is 0 Å². The maximum Gasteiger partial charge on any atom is 0.228 e. The van der Waals surface area contributed by atoms with Crippen molar-refractivity contribution < 1.29 is 9.59 Å². The molecule has 2 amide bonds. The summed E-state index contributed by atoms with van der Waals surface area (Å²) in [7, 11) is 0. The molecule has 3 aliphatic heterocycles. The molecule has 3 heterocycles. The summed E-state index contributed by atoms with van der Waals surface area (Å²) >= 11 is 0. The fourth-order valence-electron chi connectivity index (χ4n) is 5.25. The molecule has 5 nitrogen and oxygen atoms in total. The van der Waals surface area contributed by atoms with Gasteiger partial charge in [-0.15, -0.1) is 12.4 Å². The van der Waals surface area contributed by atoms with Crippen LogP contribution in [-0.4, -0.2) is 49.4 Å².